The molecule has 0 aliphatic carbocycles. The van der Waals surface area contributed by atoms with Gasteiger partial charge in [-0.15, -0.1) is 0 Å². The molecule has 5 heteroatoms. The molecule has 0 aromatic carbocycles. The minimum absolute atomic E-state index is 0.304. The molecule has 0 amide bonds. The standard InChI is InChI=1S/C12H19ClN4/c1-2-7-17-8-4-10(5-9-17)15-11-3-6-14-12(13)16-11/h3,6,10H,2,4-5,7-9H2,1H3,(H,14,15,16). The summed E-state index contributed by atoms with van der Waals surface area (Å²) in [7, 11) is 0. The molecule has 1 aromatic rings. The smallest absolute Gasteiger partial charge is 0.224 e. The van der Waals surface area contributed by atoms with Crippen molar-refractivity contribution >= 4 is 17.4 Å². The zero-order chi connectivity index (χ0) is 12.1. The lowest BCUT2D eigenvalue weighted by Gasteiger charge is -2.32. The second-order valence-electron chi connectivity index (χ2n) is 4.47. The maximum Gasteiger partial charge on any atom is 0.224 e. The zero-order valence-electron chi connectivity index (χ0n) is 10.2. The van der Waals surface area contributed by atoms with Crippen LogP contribution >= 0.6 is 11.6 Å². The monoisotopic (exact) mass is 254 g/mol. The third kappa shape index (κ3) is 3.82. The first-order valence-electron chi connectivity index (χ1n) is 6.25. The van der Waals surface area contributed by atoms with Crippen molar-refractivity contribution in [2.75, 3.05) is 25.0 Å². The average molecular weight is 255 g/mol. The number of halogens is 1. The second kappa shape index (κ2) is 6.17. The van der Waals surface area contributed by atoms with Crippen LogP contribution in [-0.2, 0) is 0 Å². The van der Waals surface area contributed by atoms with Crippen LogP contribution in [0.5, 0.6) is 0 Å². The summed E-state index contributed by atoms with van der Waals surface area (Å²) in [6.45, 7) is 5.79. The third-order valence-corrected chi connectivity index (χ3v) is 3.29. The van der Waals surface area contributed by atoms with Gasteiger partial charge in [-0.1, -0.05) is 6.92 Å². The van der Waals surface area contributed by atoms with Crippen molar-refractivity contribution in [3.63, 3.8) is 0 Å². The Morgan fingerprint density at radius 2 is 2.24 bits per heavy atom. The van der Waals surface area contributed by atoms with Gasteiger partial charge in [0.25, 0.3) is 0 Å². The Kier molecular flexibility index (Phi) is 4.57. The summed E-state index contributed by atoms with van der Waals surface area (Å²) in [5, 5.41) is 3.73. The molecule has 1 aliphatic rings. The maximum absolute atomic E-state index is 5.76. The van der Waals surface area contributed by atoms with E-state index in [1.54, 1.807) is 6.20 Å². The highest BCUT2D eigenvalue weighted by Gasteiger charge is 2.18. The fraction of sp³-hybridized carbons (Fsp3) is 0.667. The van der Waals surface area contributed by atoms with Gasteiger partial charge in [-0.3, -0.25) is 0 Å². The molecule has 1 saturated heterocycles. The number of aromatic nitrogens is 2. The molecule has 0 saturated carbocycles. The number of likely N-dealkylation sites (tertiary alicyclic amines) is 1. The molecular formula is C12H19ClN4. The van der Waals surface area contributed by atoms with E-state index in [0.717, 1.165) is 5.82 Å². The molecule has 1 fully saturated rings. The van der Waals surface area contributed by atoms with Crippen molar-refractivity contribution in [3.8, 4) is 0 Å². The largest absolute Gasteiger partial charge is 0.367 e. The van der Waals surface area contributed by atoms with Gasteiger partial charge in [-0.2, -0.15) is 0 Å². The molecule has 0 bridgehead atoms. The van der Waals surface area contributed by atoms with Gasteiger partial charge < -0.3 is 10.2 Å². The minimum Gasteiger partial charge on any atom is -0.367 e. The fourth-order valence-corrected chi connectivity index (χ4v) is 2.39. The Labute approximate surface area is 107 Å². The van der Waals surface area contributed by atoms with Gasteiger partial charge >= 0.3 is 0 Å². The number of anilines is 1. The van der Waals surface area contributed by atoms with E-state index < -0.39 is 0 Å². The summed E-state index contributed by atoms with van der Waals surface area (Å²) < 4.78 is 0. The minimum atomic E-state index is 0.304. The second-order valence-corrected chi connectivity index (χ2v) is 4.81. The van der Waals surface area contributed by atoms with Gasteiger partial charge in [0.1, 0.15) is 5.82 Å². The predicted molar refractivity (Wildman–Crippen MR) is 70.4 cm³/mol. The van der Waals surface area contributed by atoms with E-state index in [0.29, 0.717) is 11.3 Å². The van der Waals surface area contributed by atoms with E-state index in [2.05, 4.69) is 27.1 Å². The van der Waals surface area contributed by atoms with Crippen molar-refractivity contribution in [1.29, 1.82) is 0 Å². The average Bonchev–Trinajstić information content (AvgIpc) is 2.32. The van der Waals surface area contributed by atoms with Crippen LogP contribution in [0.4, 0.5) is 5.82 Å². The highest BCUT2D eigenvalue weighted by molar-refractivity contribution is 6.28. The van der Waals surface area contributed by atoms with Crippen LogP contribution in [0.15, 0.2) is 12.3 Å². The Balaban J connectivity index is 1.82. The Bertz CT molecular complexity index is 350. The van der Waals surface area contributed by atoms with Gasteiger partial charge in [0, 0.05) is 25.3 Å². The zero-order valence-corrected chi connectivity index (χ0v) is 11.0. The molecule has 0 unspecified atom stereocenters. The van der Waals surface area contributed by atoms with Crippen LogP contribution in [-0.4, -0.2) is 40.5 Å². The van der Waals surface area contributed by atoms with E-state index in [4.69, 9.17) is 11.6 Å². The number of nitrogens with zero attached hydrogens (tertiary/aromatic N) is 3. The summed E-state index contributed by atoms with van der Waals surface area (Å²) in [6.07, 6.45) is 5.26. The van der Waals surface area contributed by atoms with Gasteiger partial charge in [0.2, 0.25) is 5.28 Å². The van der Waals surface area contributed by atoms with Crippen LogP contribution in [0.2, 0.25) is 5.28 Å². The van der Waals surface area contributed by atoms with E-state index in [9.17, 15) is 0 Å². The van der Waals surface area contributed by atoms with Crippen molar-refractivity contribution in [3.05, 3.63) is 17.5 Å². The number of hydrogen-bond donors (Lipinski definition) is 1. The Morgan fingerprint density at radius 1 is 1.47 bits per heavy atom. The SMILES string of the molecule is CCCN1CCC(Nc2ccnc(Cl)n2)CC1. The van der Waals surface area contributed by atoms with Gasteiger partial charge in [-0.05, 0) is 43.5 Å². The van der Waals surface area contributed by atoms with Crippen LogP contribution in [0.25, 0.3) is 0 Å². The van der Waals surface area contributed by atoms with E-state index in [1.807, 2.05) is 6.07 Å². The molecule has 0 atom stereocenters. The normalized spacial score (nSPS) is 18.2. The van der Waals surface area contributed by atoms with Crippen LogP contribution in [0, 0.1) is 0 Å². The Morgan fingerprint density at radius 3 is 2.88 bits per heavy atom. The van der Waals surface area contributed by atoms with E-state index in [-0.39, 0.29) is 0 Å². The first kappa shape index (κ1) is 12.6. The van der Waals surface area contributed by atoms with Gasteiger partial charge in [0.05, 0.1) is 0 Å². The van der Waals surface area contributed by atoms with Crippen LogP contribution in [0.3, 0.4) is 0 Å². The fourth-order valence-electron chi connectivity index (χ4n) is 2.24. The number of nitrogens with one attached hydrogen (secondary N) is 1. The molecule has 1 N–H and O–H groups in total. The van der Waals surface area contributed by atoms with Crippen molar-refractivity contribution < 1.29 is 0 Å². The van der Waals surface area contributed by atoms with Gasteiger partial charge in [0.15, 0.2) is 0 Å². The number of rotatable bonds is 4. The summed E-state index contributed by atoms with van der Waals surface area (Å²) >= 11 is 5.76. The highest BCUT2D eigenvalue weighted by Crippen LogP contribution is 2.15. The summed E-state index contributed by atoms with van der Waals surface area (Å²) in [4.78, 5) is 10.5. The molecule has 0 radical (unpaired) electrons. The number of piperidine rings is 1. The first-order chi connectivity index (χ1) is 8.28. The summed E-state index contributed by atoms with van der Waals surface area (Å²) in [6, 6.07) is 2.37. The molecule has 2 rings (SSSR count). The van der Waals surface area contributed by atoms with E-state index in [1.165, 1.54) is 38.9 Å². The predicted octanol–water partition coefficient (Wildman–Crippen LogP) is 2.42. The number of hydrogen-bond acceptors (Lipinski definition) is 4. The van der Waals surface area contributed by atoms with Crippen LogP contribution < -0.4 is 5.32 Å². The highest BCUT2D eigenvalue weighted by atomic mass is 35.5. The molecule has 4 nitrogen and oxygen atoms in total. The lowest BCUT2D eigenvalue weighted by molar-refractivity contribution is 0.219. The summed E-state index contributed by atoms with van der Waals surface area (Å²) in [5.74, 6) is 0.832. The third-order valence-electron chi connectivity index (χ3n) is 3.11. The quantitative estimate of drug-likeness (QED) is 0.838. The lowest BCUT2D eigenvalue weighted by atomic mass is 10.0. The topological polar surface area (TPSA) is 41.0 Å². The molecule has 17 heavy (non-hydrogen) atoms. The van der Waals surface area contributed by atoms with E-state index >= 15 is 0 Å². The molecule has 0 spiro atoms. The maximum atomic E-state index is 5.76. The Hall–Kier alpha value is -0.870. The molecule has 94 valence electrons. The van der Waals surface area contributed by atoms with Crippen molar-refractivity contribution in [2.24, 2.45) is 0 Å². The molecule has 1 aromatic heterocycles. The lowest BCUT2D eigenvalue weighted by Crippen LogP contribution is -2.39. The van der Waals surface area contributed by atoms with Crippen LogP contribution in [0.1, 0.15) is 26.2 Å². The van der Waals surface area contributed by atoms with Crippen molar-refractivity contribution in [2.45, 2.75) is 32.2 Å². The van der Waals surface area contributed by atoms with Crippen molar-refractivity contribution in [1.82, 2.24) is 14.9 Å². The van der Waals surface area contributed by atoms with Gasteiger partial charge in [-0.25, -0.2) is 9.97 Å². The summed E-state index contributed by atoms with van der Waals surface area (Å²) in [5.41, 5.74) is 0. The first-order valence-corrected chi connectivity index (χ1v) is 6.63. The molecule has 2 heterocycles. The molecular weight excluding hydrogens is 236 g/mol. The molecule has 1 aliphatic heterocycles.